The Morgan fingerprint density at radius 2 is 1.28 bits per heavy atom. The highest BCUT2D eigenvalue weighted by Gasteiger charge is 2.39. The molecule has 0 bridgehead atoms. The molecule has 90 valence electrons. The van der Waals surface area contributed by atoms with Crippen LogP contribution in [0.1, 0.15) is 29.9 Å². The van der Waals surface area contributed by atoms with Crippen molar-refractivity contribution in [2.75, 3.05) is 0 Å². The molecule has 4 rings (SSSR count). The molecule has 2 aliphatic rings. The molecule has 0 atom stereocenters. The fourth-order valence-electron chi connectivity index (χ4n) is 3.18. The van der Waals surface area contributed by atoms with Crippen LogP contribution in [-0.2, 0) is 0 Å². The van der Waals surface area contributed by atoms with E-state index in [4.69, 9.17) is 0 Å². The number of hydrogen-bond acceptors (Lipinski definition) is 0. The molecule has 0 N–H and O–H groups in total. The molecule has 2 aromatic carbocycles. The lowest BCUT2D eigenvalue weighted by Gasteiger charge is -2.12. The average molecular weight is 364 g/mol. The number of halogens is 2. The van der Waals surface area contributed by atoms with Crippen molar-refractivity contribution in [3.05, 3.63) is 56.5 Å². The van der Waals surface area contributed by atoms with Gasteiger partial charge in [-0.25, -0.2) is 0 Å². The number of rotatable bonds is 1. The van der Waals surface area contributed by atoms with Gasteiger partial charge in [0.1, 0.15) is 0 Å². The van der Waals surface area contributed by atoms with Crippen LogP contribution in [0, 0.1) is 5.92 Å². The largest absolute Gasteiger partial charge is 0.0530 e. The van der Waals surface area contributed by atoms with Gasteiger partial charge < -0.3 is 0 Å². The van der Waals surface area contributed by atoms with Crippen LogP contribution in [0.4, 0.5) is 0 Å². The molecule has 1 saturated carbocycles. The van der Waals surface area contributed by atoms with Crippen molar-refractivity contribution in [3.8, 4) is 11.1 Å². The number of hydrogen-bond donors (Lipinski definition) is 0. The lowest BCUT2D eigenvalue weighted by atomic mass is 9.92. The molecule has 1 fully saturated rings. The van der Waals surface area contributed by atoms with Crippen LogP contribution < -0.4 is 0 Å². The van der Waals surface area contributed by atoms with Crippen molar-refractivity contribution in [3.63, 3.8) is 0 Å². The summed E-state index contributed by atoms with van der Waals surface area (Å²) in [5.74, 6) is 1.47. The van der Waals surface area contributed by atoms with E-state index in [1.165, 1.54) is 44.0 Å². The van der Waals surface area contributed by atoms with E-state index in [2.05, 4.69) is 68.3 Å². The SMILES string of the molecule is Brc1ccc2c(c1)C(C1CC1)c1cc(Br)ccc1-2. The predicted molar refractivity (Wildman–Crippen MR) is 81.8 cm³/mol. The highest BCUT2D eigenvalue weighted by atomic mass is 79.9. The Hall–Kier alpha value is -0.600. The lowest BCUT2D eigenvalue weighted by molar-refractivity contribution is 0.719. The summed E-state index contributed by atoms with van der Waals surface area (Å²) in [6, 6.07) is 13.4. The van der Waals surface area contributed by atoms with Gasteiger partial charge in [0.15, 0.2) is 0 Å². The molecule has 0 nitrogen and oxygen atoms in total. The van der Waals surface area contributed by atoms with E-state index in [9.17, 15) is 0 Å². The summed E-state index contributed by atoms with van der Waals surface area (Å²) in [4.78, 5) is 0. The average Bonchev–Trinajstić information content (AvgIpc) is 3.12. The van der Waals surface area contributed by atoms with Crippen molar-refractivity contribution in [2.24, 2.45) is 5.92 Å². The van der Waals surface area contributed by atoms with Gasteiger partial charge in [0.25, 0.3) is 0 Å². The summed E-state index contributed by atoms with van der Waals surface area (Å²) >= 11 is 7.22. The van der Waals surface area contributed by atoms with Gasteiger partial charge in [-0.3, -0.25) is 0 Å². The van der Waals surface area contributed by atoms with Crippen molar-refractivity contribution >= 4 is 31.9 Å². The van der Waals surface area contributed by atoms with E-state index < -0.39 is 0 Å². The maximum Gasteiger partial charge on any atom is 0.0178 e. The quantitative estimate of drug-likeness (QED) is 0.606. The molecule has 2 aromatic rings. The molecule has 0 aliphatic heterocycles. The van der Waals surface area contributed by atoms with Gasteiger partial charge in [-0.05, 0) is 65.3 Å². The molecular weight excluding hydrogens is 352 g/mol. The Balaban J connectivity index is 2.00. The number of benzene rings is 2. The third kappa shape index (κ3) is 1.62. The van der Waals surface area contributed by atoms with Gasteiger partial charge >= 0.3 is 0 Å². The Labute approximate surface area is 124 Å². The minimum absolute atomic E-state index is 0.616. The molecule has 2 aliphatic carbocycles. The zero-order valence-corrected chi connectivity index (χ0v) is 13.0. The first kappa shape index (κ1) is 11.2. The molecule has 0 amide bonds. The normalized spacial score (nSPS) is 17.7. The Bertz CT molecular complexity index is 590. The third-order valence-corrected chi connectivity index (χ3v) is 5.07. The van der Waals surface area contributed by atoms with Crippen molar-refractivity contribution < 1.29 is 0 Å². The summed E-state index contributed by atoms with van der Waals surface area (Å²) in [5, 5.41) is 0. The smallest absolute Gasteiger partial charge is 0.0178 e. The molecule has 0 heterocycles. The minimum Gasteiger partial charge on any atom is -0.0530 e. The standard InChI is InChI=1S/C16H12Br2/c17-10-3-5-12-13-6-4-11(18)8-15(13)16(9-1-2-9)14(12)7-10/h3-9,16H,1-2H2. The van der Waals surface area contributed by atoms with Gasteiger partial charge in [0, 0.05) is 14.9 Å². The first-order valence-corrected chi connectivity index (χ1v) is 7.92. The minimum atomic E-state index is 0.616. The third-order valence-electron chi connectivity index (χ3n) is 4.08. The van der Waals surface area contributed by atoms with Gasteiger partial charge in [0.05, 0.1) is 0 Å². The maximum absolute atomic E-state index is 3.61. The topological polar surface area (TPSA) is 0 Å². The van der Waals surface area contributed by atoms with Crippen molar-refractivity contribution in [2.45, 2.75) is 18.8 Å². The Kier molecular flexibility index (Phi) is 2.46. The van der Waals surface area contributed by atoms with Crippen LogP contribution >= 0.6 is 31.9 Å². The van der Waals surface area contributed by atoms with Crippen LogP contribution in [0.25, 0.3) is 11.1 Å². The summed E-state index contributed by atoms with van der Waals surface area (Å²) in [7, 11) is 0. The van der Waals surface area contributed by atoms with Crippen LogP contribution in [-0.4, -0.2) is 0 Å². The molecule has 0 unspecified atom stereocenters. The zero-order valence-electron chi connectivity index (χ0n) is 9.79. The summed E-state index contributed by atoms with van der Waals surface area (Å²) < 4.78 is 2.39. The maximum atomic E-state index is 3.61. The van der Waals surface area contributed by atoms with E-state index in [0.717, 1.165) is 5.92 Å². The van der Waals surface area contributed by atoms with Crippen molar-refractivity contribution in [1.82, 2.24) is 0 Å². The summed E-state index contributed by atoms with van der Waals surface area (Å²) in [6.07, 6.45) is 2.76. The second-order valence-corrected chi connectivity index (χ2v) is 7.11. The molecule has 2 heteroatoms. The monoisotopic (exact) mass is 362 g/mol. The van der Waals surface area contributed by atoms with Gasteiger partial charge in [0.2, 0.25) is 0 Å². The lowest BCUT2D eigenvalue weighted by Crippen LogP contribution is -1.98. The molecule has 0 saturated heterocycles. The van der Waals surface area contributed by atoms with Gasteiger partial charge in [-0.15, -0.1) is 0 Å². The zero-order chi connectivity index (χ0) is 12.3. The molecular formula is C16H12Br2. The van der Waals surface area contributed by atoms with Gasteiger partial charge in [-0.1, -0.05) is 44.0 Å². The van der Waals surface area contributed by atoms with E-state index >= 15 is 0 Å². The number of fused-ring (bicyclic) bond motifs is 3. The summed E-state index contributed by atoms with van der Waals surface area (Å²) in [5.41, 5.74) is 5.88. The van der Waals surface area contributed by atoms with E-state index in [-0.39, 0.29) is 0 Å². The Morgan fingerprint density at radius 1 is 0.778 bits per heavy atom. The van der Waals surface area contributed by atoms with Gasteiger partial charge in [-0.2, -0.15) is 0 Å². The van der Waals surface area contributed by atoms with Crippen molar-refractivity contribution in [1.29, 1.82) is 0 Å². The van der Waals surface area contributed by atoms with E-state index in [1.54, 1.807) is 0 Å². The first-order chi connectivity index (χ1) is 8.74. The first-order valence-electron chi connectivity index (χ1n) is 6.33. The fraction of sp³-hybridized carbons (Fsp3) is 0.250. The van der Waals surface area contributed by atoms with Crippen LogP contribution in [0.15, 0.2) is 45.3 Å². The fourth-order valence-corrected chi connectivity index (χ4v) is 3.93. The highest BCUT2D eigenvalue weighted by molar-refractivity contribution is 9.10. The molecule has 18 heavy (non-hydrogen) atoms. The molecule has 0 aromatic heterocycles. The van der Waals surface area contributed by atoms with E-state index in [0.29, 0.717) is 5.92 Å². The Morgan fingerprint density at radius 3 is 1.72 bits per heavy atom. The van der Waals surface area contributed by atoms with Crippen LogP contribution in [0.5, 0.6) is 0 Å². The molecule has 0 spiro atoms. The second-order valence-electron chi connectivity index (χ2n) is 5.28. The highest BCUT2D eigenvalue weighted by Crippen LogP contribution is 2.55. The van der Waals surface area contributed by atoms with E-state index in [1.807, 2.05) is 0 Å². The van der Waals surface area contributed by atoms with Crippen LogP contribution in [0.2, 0.25) is 0 Å². The summed E-state index contributed by atoms with van der Waals surface area (Å²) in [6.45, 7) is 0. The second kappa shape index (κ2) is 3.94. The van der Waals surface area contributed by atoms with Crippen LogP contribution in [0.3, 0.4) is 0 Å². The molecule has 0 radical (unpaired) electrons. The predicted octanol–water partition coefficient (Wildman–Crippen LogP) is 5.73.